The van der Waals surface area contributed by atoms with E-state index < -0.39 is 0 Å². The molecule has 0 aromatic heterocycles. The quantitative estimate of drug-likeness (QED) is 0.586. The van der Waals surface area contributed by atoms with Gasteiger partial charge in [0.05, 0.1) is 17.8 Å². The summed E-state index contributed by atoms with van der Waals surface area (Å²) in [5.74, 6) is 0.390. The summed E-state index contributed by atoms with van der Waals surface area (Å²) in [7, 11) is 1.58. The molecule has 4 nitrogen and oxygen atoms in total. The van der Waals surface area contributed by atoms with E-state index in [4.69, 9.17) is 4.74 Å². The maximum absolute atomic E-state index is 12.0. The van der Waals surface area contributed by atoms with Gasteiger partial charge in [-0.05, 0) is 47.1 Å². The first kappa shape index (κ1) is 16.7. The molecular weight excluding hydrogens is 412 g/mol. The summed E-state index contributed by atoms with van der Waals surface area (Å²) in [6.45, 7) is 1.97. The minimum atomic E-state index is -0.260. The third kappa shape index (κ3) is 4.18. The lowest BCUT2D eigenvalue weighted by Crippen LogP contribution is -2.17. The molecule has 0 aliphatic rings. The molecule has 0 aliphatic carbocycles. The summed E-state index contributed by atoms with van der Waals surface area (Å²) in [6, 6.07) is 11.0. The van der Waals surface area contributed by atoms with Crippen LogP contribution in [0, 0.1) is 6.92 Å². The van der Waals surface area contributed by atoms with Gasteiger partial charge in [0.2, 0.25) is 0 Å². The second-order valence-corrected chi connectivity index (χ2v) is 6.35. The normalized spacial score (nSPS) is 10.7. The van der Waals surface area contributed by atoms with Gasteiger partial charge in [0, 0.05) is 15.6 Å². The zero-order valence-corrected chi connectivity index (χ0v) is 15.2. The summed E-state index contributed by atoms with van der Waals surface area (Å²) in [6.07, 6.45) is 1.54. The van der Waals surface area contributed by atoms with Crippen molar-refractivity contribution in [3.63, 3.8) is 0 Å². The lowest BCUT2D eigenvalue weighted by Gasteiger charge is -2.07. The number of hydrogen-bond acceptors (Lipinski definition) is 3. The third-order valence-corrected chi connectivity index (χ3v) is 3.97. The predicted molar refractivity (Wildman–Crippen MR) is 94.6 cm³/mol. The number of hydrazone groups is 1. The summed E-state index contributed by atoms with van der Waals surface area (Å²) in [5, 5.41) is 3.98. The molecule has 0 unspecified atom stereocenters. The van der Waals surface area contributed by atoms with Crippen molar-refractivity contribution in [3.05, 3.63) is 62.0 Å². The van der Waals surface area contributed by atoms with Crippen molar-refractivity contribution in [2.45, 2.75) is 6.92 Å². The van der Waals surface area contributed by atoms with Crippen molar-refractivity contribution in [3.8, 4) is 5.75 Å². The van der Waals surface area contributed by atoms with Crippen LogP contribution in [0.4, 0.5) is 0 Å². The van der Waals surface area contributed by atoms with E-state index in [-0.39, 0.29) is 5.91 Å². The molecule has 0 saturated heterocycles. The van der Waals surface area contributed by atoms with Crippen LogP contribution in [0.15, 0.2) is 50.4 Å². The Kier molecular flexibility index (Phi) is 5.74. The van der Waals surface area contributed by atoms with E-state index >= 15 is 0 Å². The van der Waals surface area contributed by atoms with E-state index in [1.807, 2.05) is 31.2 Å². The standard InChI is InChI=1S/C16H14Br2N2O2/c1-10-3-5-11(6-4-10)16(21)20-19-9-12-7-13(17)8-14(18)15(12)22-2/h3-9H,1-2H3,(H,20,21). The van der Waals surface area contributed by atoms with E-state index in [1.54, 1.807) is 25.5 Å². The van der Waals surface area contributed by atoms with Gasteiger partial charge in [0.1, 0.15) is 5.75 Å². The number of carbonyl (C=O) groups is 1. The topological polar surface area (TPSA) is 50.7 Å². The van der Waals surface area contributed by atoms with E-state index in [0.29, 0.717) is 11.3 Å². The number of aryl methyl sites for hydroxylation is 1. The Morgan fingerprint density at radius 1 is 1.23 bits per heavy atom. The SMILES string of the molecule is COc1c(Br)cc(Br)cc1C=NNC(=O)c1ccc(C)cc1. The van der Waals surface area contributed by atoms with Gasteiger partial charge in [-0.3, -0.25) is 4.79 Å². The maximum Gasteiger partial charge on any atom is 0.271 e. The van der Waals surface area contributed by atoms with Crippen LogP contribution in [0.3, 0.4) is 0 Å². The van der Waals surface area contributed by atoms with E-state index in [2.05, 4.69) is 42.4 Å². The van der Waals surface area contributed by atoms with Crippen molar-refractivity contribution in [1.29, 1.82) is 0 Å². The number of nitrogens with one attached hydrogen (secondary N) is 1. The fourth-order valence-corrected chi connectivity index (χ4v) is 3.24. The molecule has 6 heteroatoms. The number of halogens is 2. The summed E-state index contributed by atoms with van der Waals surface area (Å²) < 4.78 is 7.00. The van der Waals surface area contributed by atoms with E-state index in [0.717, 1.165) is 20.1 Å². The van der Waals surface area contributed by atoms with Gasteiger partial charge in [-0.25, -0.2) is 5.43 Å². The number of nitrogens with zero attached hydrogens (tertiary/aromatic N) is 1. The highest BCUT2D eigenvalue weighted by atomic mass is 79.9. The van der Waals surface area contributed by atoms with Gasteiger partial charge >= 0.3 is 0 Å². The molecule has 0 atom stereocenters. The van der Waals surface area contributed by atoms with Gasteiger partial charge < -0.3 is 4.74 Å². The molecule has 0 spiro atoms. The second kappa shape index (κ2) is 7.56. The predicted octanol–water partition coefficient (Wildman–Crippen LogP) is 4.29. The minimum Gasteiger partial charge on any atom is -0.495 e. The highest BCUT2D eigenvalue weighted by molar-refractivity contribution is 9.11. The van der Waals surface area contributed by atoms with E-state index in [9.17, 15) is 4.79 Å². The third-order valence-electron chi connectivity index (χ3n) is 2.92. The highest BCUT2D eigenvalue weighted by Crippen LogP contribution is 2.31. The monoisotopic (exact) mass is 424 g/mol. The molecule has 2 aromatic rings. The number of carbonyl (C=O) groups excluding carboxylic acids is 1. The lowest BCUT2D eigenvalue weighted by atomic mass is 10.1. The Morgan fingerprint density at radius 3 is 2.55 bits per heavy atom. The maximum atomic E-state index is 12.0. The lowest BCUT2D eigenvalue weighted by molar-refractivity contribution is 0.0955. The number of methoxy groups -OCH3 is 1. The van der Waals surface area contributed by atoms with Crippen molar-refractivity contribution < 1.29 is 9.53 Å². The average Bonchev–Trinajstić information content (AvgIpc) is 2.47. The average molecular weight is 426 g/mol. The summed E-state index contributed by atoms with van der Waals surface area (Å²) in [4.78, 5) is 12.0. The molecule has 0 aliphatic heterocycles. The Labute approximate surface area is 145 Å². The molecule has 2 rings (SSSR count). The molecule has 0 heterocycles. The van der Waals surface area contributed by atoms with Gasteiger partial charge in [0.25, 0.3) is 5.91 Å². The zero-order valence-electron chi connectivity index (χ0n) is 12.1. The first-order valence-electron chi connectivity index (χ1n) is 6.44. The Bertz CT molecular complexity index is 713. The van der Waals surface area contributed by atoms with Crippen LogP contribution in [0.5, 0.6) is 5.75 Å². The summed E-state index contributed by atoms with van der Waals surface area (Å²) >= 11 is 6.82. The number of amides is 1. The molecule has 1 amide bonds. The fourth-order valence-electron chi connectivity index (χ4n) is 1.82. The molecule has 0 radical (unpaired) electrons. The van der Waals surface area contributed by atoms with Crippen LogP contribution in [0.25, 0.3) is 0 Å². The van der Waals surface area contributed by atoms with Crippen LogP contribution >= 0.6 is 31.9 Å². The van der Waals surface area contributed by atoms with Crippen molar-refractivity contribution in [2.24, 2.45) is 5.10 Å². The number of hydrogen-bond donors (Lipinski definition) is 1. The first-order chi connectivity index (χ1) is 10.5. The van der Waals surface area contributed by atoms with E-state index in [1.165, 1.54) is 0 Å². The number of ether oxygens (including phenoxy) is 1. The van der Waals surface area contributed by atoms with Crippen LogP contribution in [0.1, 0.15) is 21.5 Å². The Balaban J connectivity index is 2.12. The van der Waals surface area contributed by atoms with Crippen LogP contribution in [-0.4, -0.2) is 19.2 Å². The highest BCUT2D eigenvalue weighted by Gasteiger charge is 2.08. The largest absolute Gasteiger partial charge is 0.495 e. The molecule has 22 heavy (non-hydrogen) atoms. The summed E-state index contributed by atoms with van der Waals surface area (Å²) in [5.41, 5.74) is 4.91. The molecule has 0 saturated carbocycles. The van der Waals surface area contributed by atoms with Gasteiger partial charge in [-0.1, -0.05) is 33.6 Å². The fraction of sp³-hybridized carbons (Fsp3) is 0.125. The zero-order chi connectivity index (χ0) is 16.1. The smallest absolute Gasteiger partial charge is 0.271 e. The van der Waals surface area contributed by atoms with Crippen molar-refractivity contribution >= 4 is 44.0 Å². The second-order valence-electron chi connectivity index (χ2n) is 4.58. The van der Waals surface area contributed by atoms with Gasteiger partial charge in [0.15, 0.2) is 0 Å². The number of rotatable bonds is 4. The molecule has 0 bridgehead atoms. The van der Waals surface area contributed by atoms with Crippen LogP contribution < -0.4 is 10.2 Å². The van der Waals surface area contributed by atoms with Gasteiger partial charge in [-0.15, -0.1) is 0 Å². The molecular formula is C16H14Br2N2O2. The van der Waals surface area contributed by atoms with Crippen LogP contribution in [-0.2, 0) is 0 Å². The number of benzene rings is 2. The van der Waals surface area contributed by atoms with Crippen molar-refractivity contribution in [1.82, 2.24) is 5.43 Å². The van der Waals surface area contributed by atoms with Gasteiger partial charge in [-0.2, -0.15) is 5.10 Å². The Hall–Kier alpha value is -1.66. The molecule has 114 valence electrons. The molecule has 2 aromatic carbocycles. The minimum absolute atomic E-state index is 0.260. The van der Waals surface area contributed by atoms with Crippen LogP contribution in [0.2, 0.25) is 0 Å². The molecule has 0 fully saturated rings. The van der Waals surface area contributed by atoms with Crippen molar-refractivity contribution in [2.75, 3.05) is 7.11 Å². The Morgan fingerprint density at radius 2 is 1.91 bits per heavy atom. The first-order valence-corrected chi connectivity index (χ1v) is 8.03. The molecule has 1 N–H and O–H groups in total.